The van der Waals surface area contributed by atoms with Crippen molar-refractivity contribution >= 4 is 11.7 Å². The SMILES string of the molecule is N#Cc1ccc(N2CCC[C@H](NC(=O)N3[C@@H]4CC[C@H]3CC(O)C4)C2)cc1. The van der Waals surface area contributed by atoms with Gasteiger partial charge in [-0.15, -0.1) is 0 Å². The zero-order chi connectivity index (χ0) is 18.1. The fourth-order valence-electron chi connectivity index (χ4n) is 4.81. The molecule has 3 fully saturated rings. The van der Waals surface area contributed by atoms with E-state index in [1.165, 1.54) is 0 Å². The van der Waals surface area contributed by atoms with E-state index in [0.29, 0.717) is 18.4 Å². The number of nitriles is 1. The van der Waals surface area contributed by atoms with Crippen LogP contribution >= 0.6 is 0 Å². The van der Waals surface area contributed by atoms with E-state index in [-0.39, 0.29) is 30.3 Å². The van der Waals surface area contributed by atoms with Gasteiger partial charge in [0, 0.05) is 36.9 Å². The summed E-state index contributed by atoms with van der Waals surface area (Å²) in [4.78, 5) is 17.1. The molecule has 138 valence electrons. The van der Waals surface area contributed by atoms with Crippen LogP contribution in [0, 0.1) is 11.3 Å². The molecule has 4 atom stereocenters. The molecule has 1 aromatic rings. The molecule has 2 bridgehead atoms. The normalized spacial score (nSPS) is 30.8. The van der Waals surface area contributed by atoms with Crippen molar-refractivity contribution in [2.24, 2.45) is 0 Å². The third-order valence-electron chi connectivity index (χ3n) is 6.05. The first kappa shape index (κ1) is 17.2. The van der Waals surface area contributed by atoms with E-state index in [1.807, 2.05) is 29.2 Å². The maximum atomic E-state index is 12.8. The standard InChI is InChI=1S/C20H26N4O2/c21-12-14-3-5-16(6-4-14)23-9-1-2-15(13-23)22-20(26)24-17-7-8-18(24)11-19(25)10-17/h3-6,15,17-19,25H,1-2,7-11,13H2,(H,22,26)/t15-,17-,18+,19?/m0/s1. The number of hydrogen-bond donors (Lipinski definition) is 2. The first-order chi connectivity index (χ1) is 12.6. The Morgan fingerprint density at radius 3 is 2.50 bits per heavy atom. The Kier molecular flexibility index (Phi) is 4.73. The Morgan fingerprint density at radius 1 is 1.15 bits per heavy atom. The van der Waals surface area contributed by atoms with E-state index in [1.54, 1.807) is 0 Å². The molecule has 3 heterocycles. The lowest BCUT2D eigenvalue weighted by molar-refractivity contribution is 0.0533. The fraction of sp³-hybridized carbons (Fsp3) is 0.600. The van der Waals surface area contributed by atoms with Gasteiger partial charge in [0.25, 0.3) is 0 Å². The summed E-state index contributed by atoms with van der Waals surface area (Å²) in [6, 6.07) is 10.4. The van der Waals surface area contributed by atoms with Gasteiger partial charge < -0.3 is 20.2 Å². The third kappa shape index (κ3) is 3.36. The van der Waals surface area contributed by atoms with E-state index in [0.717, 1.165) is 44.5 Å². The number of nitrogens with zero attached hydrogens (tertiary/aromatic N) is 3. The molecule has 2 amide bonds. The van der Waals surface area contributed by atoms with Crippen LogP contribution in [0.1, 0.15) is 44.1 Å². The highest BCUT2D eigenvalue weighted by Gasteiger charge is 2.43. The summed E-state index contributed by atoms with van der Waals surface area (Å²) >= 11 is 0. The van der Waals surface area contributed by atoms with E-state index >= 15 is 0 Å². The summed E-state index contributed by atoms with van der Waals surface area (Å²) in [6.45, 7) is 1.77. The maximum Gasteiger partial charge on any atom is 0.318 e. The third-order valence-corrected chi connectivity index (χ3v) is 6.05. The highest BCUT2D eigenvalue weighted by molar-refractivity contribution is 5.76. The van der Waals surface area contributed by atoms with Crippen LogP contribution in [-0.4, -0.2) is 53.4 Å². The lowest BCUT2D eigenvalue weighted by atomic mass is 10.00. The van der Waals surface area contributed by atoms with E-state index in [2.05, 4.69) is 16.3 Å². The quantitative estimate of drug-likeness (QED) is 0.853. The molecular formula is C20H26N4O2. The Balaban J connectivity index is 1.37. The molecule has 3 saturated heterocycles. The van der Waals surface area contributed by atoms with Gasteiger partial charge >= 0.3 is 6.03 Å². The maximum absolute atomic E-state index is 12.8. The average Bonchev–Trinajstić information content (AvgIpc) is 2.94. The highest BCUT2D eigenvalue weighted by atomic mass is 16.3. The van der Waals surface area contributed by atoms with Gasteiger partial charge in [0.15, 0.2) is 0 Å². The van der Waals surface area contributed by atoms with Gasteiger partial charge in [0.1, 0.15) is 0 Å². The second-order valence-corrected chi connectivity index (χ2v) is 7.81. The van der Waals surface area contributed by atoms with Gasteiger partial charge in [0.05, 0.1) is 17.7 Å². The van der Waals surface area contributed by atoms with Crippen LogP contribution in [0.25, 0.3) is 0 Å². The summed E-state index contributed by atoms with van der Waals surface area (Å²) in [5.41, 5.74) is 1.77. The molecule has 0 aliphatic carbocycles. The summed E-state index contributed by atoms with van der Waals surface area (Å²) in [6.07, 6.45) is 5.23. The van der Waals surface area contributed by atoms with Gasteiger partial charge in [-0.2, -0.15) is 5.26 Å². The number of carbonyl (C=O) groups excluding carboxylic acids is 1. The first-order valence-electron chi connectivity index (χ1n) is 9.66. The number of anilines is 1. The highest BCUT2D eigenvalue weighted by Crippen LogP contribution is 2.35. The molecule has 6 heteroatoms. The van der Waals surface area contributed by atoms with Crippen molar-refractivity contribution in [1.82, 2.24) is 10.2 Å². The molecule has 1 unspecified atom stereocenters. The Bertz CT molecular complexity index is 685. The van der Waals surface area contributed by atoms with Gasteiger partial charge in [-0.25, -0.2) is 4.79 Å². The number of carbonyl (C=O) groups is 1. The lowest BCUT2D eigenvalue weighted by Crippen LogP contribution is -2.56. The fourth-order valence-corrected chi connectivity index (χ4v) is 4.81. The number of hydrogen-bond acceptors (Lipinski definition) is 4. The van der Waals surface area contributed by atoms with E-state index in [9.17, 15) is 9.90 Å². The minimum Gasteiger partial charge on any atom is -0.393 e. The lowest BCUT2D eigenvalue weighted by Gasteiger charge is -2.40. The number of piperidine rings is 2. The van der Waals surface area contributed by atoms with Gasteiger partial charge in [-0.1, -0.05) is 0 Å². The molecule has 4 rings (SSSR count). The predicted molar refractivity (Wildman–Crippen MR) is 98.8 cm³/mol. The van der Waals surface area contributed by atoms with Crippen molar-refractivity contribution in [3.63, 3.8) is 0 Å². The monoisotopic (exact) mass is 354 g/mol. The zero-order valence-electron chi connectivity index (χ0n) is 15.0. The molecule has 1 aromatic carbocycles. The minimum absolute atomic E-state index is 0.0380. The number of nitrogens with one attached hydrogen (secondary N) is 1. The Morgan fingerprint density at radius 2 is 1.85 bits per heavy atom. The van der Waals surface area contributed by atoms with Crippen molar-refractivity contribution in [1.29, 1.82) is 5.26 Å². The van der Waals surface area contributed by atoms with Crippen LogP contribution in [-0.2, 0) is 0 Å². The molecule has 3 aliphatic heterocycles. The number of rotatable bonds is 2. The van der Waals surface area contributed by atoms with Crippen molar-refractivity contribution in [2.75, 3.05) is 18.0 Å². The molecule has 6 nitrogen and oxygen atoms in total. The van der Waals surface area contributed by atoms with Gasteiger partial charge in [0.2, 0.25) is 0 Å². The summed E-state index contributed by atoms with van der Waals surface area (Å²) < 4.78 is 0. The van der Waals surface area contributed by atoms with Crippen LogP contribution in [0.3, 0.4) is 0 Å². The van der Waals surface area contributed by atoms with Crippen LogP contribution in [0.4, 0.5) is 10.5 Å². The van der Waals surface area contributed by atoms with Crippen molar-refractivity contribution in [2.45, 2.75) is 62.8 Å². The van der Waals surface area contributed by atoms with Crippen molar-refractivity contribution < 1.29 is 9.90 Å². The molecule has 3 aliphatic rings. The topological polar surface area (TPSA) is 79.6 Å². The first-order valence-corrected chi connectivity index (χ1v) is 9.66. The second-order valence-electron chi connectivity index (χ2n) is 7.81. The number of amides is 2. The second kappa shape index (κ2) is 7.16. The number of aliphatic hydroxyl groups excluding tert-OH is 1. The van der Waals surface area contributed by atoms with Crippen LogP contribution < -0.4 is 10.2 Å². The number of fused-ring (bicyclic) bond motifs is 2. The van der Waals surface area contributed by atoms with Gasteiger partial charge in [-0.05, 0) is 62.8 Å². The zero-order valence-corrected chi connectivity index (χ0v) is 15.0. The smallest absolute Gasteiger partial charge is 0.318 e. The molecule has 26 heavy (non-hydrogen) atoms. The molecule has 0 aromatic heterocycles. The van der Waals surface area contributed by atoms with Crippen LogP contribution in [0.15, 0.2) is 24.3 Å². The van der Waals surface area contributed by atoms with Crippen molar-refractivity contribution in [3.05, 3.63) is 29.8 Å². The van der Waals surface area contributed by atoms with Crippen molar-refractivity contribution in [3.8, 4) is 6.07 Å². The van der Waals surface area contributed by atoms with Crippen LogP contribution in [0.5, 0.6) is 0 Å². The average molecular weight is 354 g/mol. The number of urea groups is 1. The van der Waals surface area contributed by atoms with E-state index in [4.69, 9.17) is 5.26 Å². The minimum atomic E-state index is -0.252. The number of benzene rings is 1. The molecular weight excluding hydrogens is 328 g/mol. The molecule has 0 spiro atoms. The molecule has 0 radical (unpaired) electrons. The predicted octanol–water partition coefficient (Wildman–Crippen LogP) is 2.22. The Labute approximate surface area is 154 Å². The Hall–Kier alpha value is -2.26. The van der Waals surface area contributed by atoms with Gasteiger partial charge in [-0.3, -0.25) is 0 Å². The summed E-state index contributed by atoms with van der Waals surface area (Å²) in [5.74, 6) is 0. The largest absolute Gasteiger partial charge is 0.393 e. The van der Waals surface area contributed by atoms with E-state index < -0.39 is 0 Å². The summed E-state index contributed by atoms with van der Waals surface area (Å²) in [5, 5.41) is 22.1. The van der Waals surface area contributed by atoms with Crippen LogP contribution in [0.2, 0.25) is 0 Å². The summed E-state index contributed by atoms with van der Waals surface area (Å²) in [7, 11) is 0. The number of aliphatic hydroxyl groups is 1. The molecule has 2 N–H and O–H groups in total. The molecule has 0 saturated carbocycles.